The Bertz CT molecular complexity index is 796. The van der Waals surface area contributed by atoms with E-state index in [4.69, 9.17) is 21.1 Å². The summed E-state index contributed by atoms with van der Waals surface area (Å²) in [6.45, 7) is 1.73. The molecule has 6 nitrogen and oxygen atoms in total. The van der Waals surface area contributed by atoms with E-state index in [1.807, 2.05) is 30.3 Å². The van der Waals surface area contributed by atoms with E-state index in [0.29, 0.717) is 35.2 Å². The summed E-state index contributed by atoms with van der Waals surface area (Å²) < 4.78 is 10.5. The Labute approximate surface area is 164 Å². The van der Waals surface area contributed by atoms with E-state index in [2.05, 4.69) is 5.32 Å². The lowest BCUT2D eigenvalue weighted by molar-refractivity contribution is -0.123. The van der Waals surface area contributed by atoms with Crippen molar-refractivity contribution in [2.75, 3.05) is 32.2 Å². The van der Waals surface area contributed by atoms with Gasteiger partial charge in [0.25, 0.3) is 0 Å². The van der Waals surface area contributed by atoms with E-state index in [-0.39, 0.29) is 18.4 Å². The molecule has 0 fully saturated rings. The van der Waals surface area contributed by atoms with Gasteiger partial charge in [0, 0.05) is 25.6 Å². The highest BCUT2D eigenvalue weighted by molar-refractivity contribution is 6.32. The quantitative estimate of drug-likeness (QED) is 0.752. The van der Waals surface area contributed by atoms with Crippen LogP contribution >= 0.6 is 11.6 Å². The van der Waals surface area contributed by atoms with Crippen LogP contribution in [-0.4, -0.2) is 39.1 Å². The van der Waals surface area contributed by atoms with Crippen LogP contribution in [-0.2, 0) is 16.0 Å². The molecule has 0 aliphatic rings. The molecule has 1 N–H and O–H groups in total. The Balaban J connectivity index is 2.09. The van der Waals surface area contributed by atoms with Gasteiger partial charge in [0.15, 0.2) is 0 Å². The second kappa shape index (κ2) is 9.83. The first-order valence-electron chi connectivity index (χ1n) is 8.46. The van der Waals surface area contributed by atoms with Crippen molar-refractivity contribution in [3.8, 4) is 11.5 Å². The van der Waals surface area contributed by atoms with Gasteiger partial charge in [0.1, 0.15) is 18.0 Å². The molecule has 0 radical (unpaired) electrons. The van der Waals surface area contributed by atoms with Crippen molar-refractivity contribution in [3.63, 3.8) is 0 Å². The summed E-state index contributed by atoms with van der Waals surface area (Å²) in [5, 5.41) is 3.19. The molecule has 0 aromatic heterocycles. The van der Waals surface area contributed by atoms with Gasteiger partial charge in [-0.15, -0.1) is 0 Å². The number of carbonyl (C=O) groups excluding carboxylic acids is 2. The first-order chi connectivity index (χ1) is 13.0. The van der Waals surface area contributed by atoms with E-state index in [1.54, 1.807) is 12.1 Å². The second-order valence-corrected chi connectivity index (χ2v) is 6.26. The minimum atomic E-state index is -0.295. The monoisotopic (exact) mass is 390 g/mol. The fourth-order valence-electron chi connectivity index (χ4n) is 2.61. The number of nitrogens with zero attached hydrogens (tertiary/aromatic N) is 1. The van der Waals surface area contributed by atoms with Crippen molar-refractivity contribution in [3.05, 3.63) is 53.1 Å². The zero-order valence-corrected chi connectivity index (χ0v) is 16.4. The van der Waals surface area contributed by atoms with Crippen LogP contribution < -0.4 is 19.7 Å². The summed E-state index contributed by atoms with van der Waals surface area (Å²) in [5.74, 6) is 0.212. The fourth-order valence-corrected chi connectivity index (χ4v) is 2.84. The molecule has 2 aromatic rings. The van der Waals surface area contributed by atoms with Gasteiger partial charge < -0.3 is 14.8 Å². The molecular formula is C20H23ClN2O4. The Hall–Kier alpha value is -2.73. The minimum absolute atomic E-state index is 0.134. The molecule has 0 saturated heterocycles. The lowest BCUT2D eigenvalue weighted by atomic mass is 10.1. The Kier molecular flexibility index (Phi) is 7.49. The third-order valence-electron chi connectivity index (χ3n) is 4.00. The SMILES string of the molecule is COc1cc(N(CC(=O)NCCc2ccccc2)C(C)=O)c(OC)cc1Cl. The largest absolute Gasteiger partial charge is 0.495 e. The van der Waals surface area contributed by atoms with Crippen LogP contribution in [0, 0.1) is 0 Å². The molecule has 0 bridgehead atoms. The smallest absolute Gasteiger partial charge is 0.240 e. The highest BCUT2D eigenvalue weighted by Crippen LogP contribution is 2.38. The standard InChI is InChI=1S/C20H23ClN2O4/c1-14(24)23(17-12-18(26-2)16(21)11-19(17)27-3)13-20(25)22-10-9-15-7-5-4-6-8-15/h4-8,11-12H,9-10,13H2,1-3H3,(H,22,25). The molecule has 0 aliphatic carbocycles. The van der Waals surface area contributed by atoms with E-state index in [0.717, 1.165) is 5.56 Å². The molecule has 0 saturated carbocycles. The third-order valence-corrected chi connectivity index (χ3v) is 4.30. The van der Waals surface area contributed by atoms with E-state index >= 15 is 0 Å². The van der Waals surface area contributed by atoms with Crippen LogP contribution in [0.1, 0.15) is 12.5 Å². The number of anilines is 1. The van der Waals surface area contributed by atoms with Crippen molar-refractivity contribution < 1.29 is 19.1 Å². The number of hydrogen-bond acceptors (Lipinski definition) is 4. The number of rotatable bonds is 8. The van der Waals surface area contributed by atoms with Crippen molar-refractivity contribution in [2.24, 2.45) is 0 Å². The van der Waals surface area contributed by atoms with Gasteiger partial charge in [0.05, 0.1) is 24.9 Å². The molecule has 2 rings (SSSR count). The molecule has 2 aromatic carbocycles. The molecule has 0 aliphatic heterocycles. The molecule has 0 unspecified atom stereocenters. The van der Waals surface area contributed by atoms with Gasteiger partial charge in [-0.05, 0) is 12.0 Å². The fraction of sp³-hybridized carbons (Fsp3) is 0.300. The highest BCUT2D eigenvalue weighted by atomic mass is 35.5. The van der Waals surface area contributed by atoms with Gasteiger partial charge in [-0.25, -0.2) is 0 Å². The van der Waals surface area contributed by atoms with Crippen molar-refractivity contribution >= 4 is 29.1 Å². The second-order valence-electron chi connectivity index (χ2n) is 5.85. The van der Waals surface area contributed by atoms with E-state index in [9.17, 15) is 9.59 Å². The van der Waals surface area contributed by atoms with Gasteiger partial charge in [-0.3, -0.25) is 14.5 Å². The predicted molar refractivity (Wildman–Crippen MR) is 106 cm³/mol. The van der Waals surface area contributed by atoms with Crippen LogP contribution in [0.2, 0.25) is 5.02 Å². The number of methoxy groups -OCH3 is 2. The summed E-state index contributed by atoms with van der Waals surface area (Å²) >= 11 is 6.11. The Morgan fingerprint density at radius 1 is 1.07 bits per heavy atom. The van der Waals surface area contributed by atoms with Crippen LogP contribution in [0.4, 0.5) is 5.69 Å². The normalized spacial score (nSPS) is 10.2. The predicted octanol–water partition coefficient (Wildman–Crippen LogP) is 3.07. The zero-order chi connectivity index (χ0) is 19.8. The molecule has 0 spiro atoms. The average Bonchev–Trinajstić information content (AvgIpc) is 2.66. The van der Waals surface area contributed by atoms with Gasteiger partial charge in [0.2, 0.25) is 11.8 Å². The van der Waals surface area contributed by atoms with Crippen LogP contribution in [0.15, 0.2) is 42.5 Å². The zero-order valence-electron chi connectivity index (χ0n) is 15.6. The topological polar surface area (TPSA) is 67.9 Å². The van der Waals surface area contributed by atoms with Gasteiger partial charge in [-0.2, -0.15) is 0 Å². The van der Waals surface area contributed by atoms with Crippen LogP contribution in [0.3, 0.4) is 0 Å². The number of hydrogen-bond donors (Lipinski definition) is 1. The maximum Gasteiger partial charge on any atom is 0.240 e. The number of halogens is 1. The molecule has 0 heterocycles. The van der Waals surface area contributed by atoms with Gasteiger partial charge in [-0.1, -0.05) is 41.9 Å². The Morgan fingerprint density at radius 3 is 2.33 bits per heavy atom. The first-order valence-corrected chi connectivity index (χ1v) is 8.84. The maximum absolute atomic E-state index is 12.3. The number of amides is 2. The highest BCUT2D eigenvalue weighted by Gasteiger charge is 2.21. The summed E-state index contributed by atoms with van der Waals surface area (Å²) in [7, 11) is 2.95. The third kappa shape index (κ3) is 5.62. The average molecular weight is 391 g/mol. The molecule has 0 atom stereocenters. The summed E-state index contributed by atoms with van der Waals surface area (Å²) in [6.07, 6.45) is 0.713. The molecule has 27 heavy (non-hydrogen) atoms. The van der Waals surface area contributed by atoms with Crippen molar-refractivity contribution in [2.45, 2.75) is 13.3 Å². The molecule has 2 amide bonds. The molecule has 144 valence electrons. The molecular weight excluding hydrogens is 368 g/mol. The molecule has 7 heteroatoms. The minimum Gasteiger partial charge on any atom is -0.495 e. The number of benzene rings is 2. The number of nitrogens with one attached hydrogen (secondary N) is 1. The maximum atomic E-state index is 12.3. The van der Waals surface area contributed by atoms with Crippen molar-refractivity contribution in [1.29, 1.82) is 0 Å². The lowest BCUT2D eigenvalue weighted by Gasteiger charge is -2.23. The first kappa shape index (κ1) is 20.6. The van der Waals surface area contributed by atoms with Gasteiger partial charge >= 0.3 is 0 Å². The summed E-state index contributed by atoms with van der Waals surface area (Å²) in [6, 6.07) is 13.0. The lowest BCUT2D eigenvalue weighted by Crippen LogP contribution is -2.40. The Morgan fingerprint density at radius 2 is 1.74 bits per heavy atom. The van der Waals surface area contributed by atoms with Crippen LogP contribution in [0.25, 0.3) is 0 Å². The van der Waals surface area contributed by atoms with E-state index in [1.165, 1.54) is 26.0 Å². The van der Waals surface area contributed by atoms with E-state index < -0.39 is 0 Å². The summed E-state index contributed by atoms with van der Waals surface area (Å²) in [4.78, 5) is 25.8. The summed E-state index contributed by atoms with van der Waals surface area (Å²) in [5.41, 5.74) is 1.55. The van der Waals surface area contributed by atoms with Crippen LogP contribution in [0.5, 0.6) is 11.5 Å². The van der Waals surface area contributed by atoms with Crippen molar-refractivity contribution in [1.82, 2.24) is 5.32 Å². The number of carbonyl (C=O) groups is 2. The number of ether oxygens (including phenoxy) is 2.